The highest BCUT2D eigenvalue weighted by Gasteiger charge is 2.41. The van der Waals surface area contributed by atoms with Crippen molar-refractivity contribution in [2.24, 2.45) is 7.05 Å². The van der Waals surface area contributed by atoms with E-state index in [2.05, 4.69) is 31.2 Å². The summed E-state index contributed by atoms with van der Waals surface area (Å²) >= 11 is 5.77. The van der Waals surface area contributed by atoms with Crippen molar-refractivity contribution in [3.63, 3.8) is 0 Å². The molecule has 0 saturated carbocycles. The standard InChI is InChI=1S/C27H25N5O2S/c1-31-17-7-11-23(31)26-25(22-10-5-6-16-28-22)30-27(35)32(26)20-14-12-19(13-15-20)29-24(33)18-34-21-8-3-2-4-9-21/h2-17,25-26H,18H2,1H3,(H,29,33)(H,30,35). The van der Waals surface area contributed by atoms with Gasteiger partial charge in [0, 0.05) is 36.5 Å². The molecular formula is C27H25N5O2S. The molecule has 0 bridgehead atoms. The number of anilines is 2. The molecule has 0 spiro atoms. The molecule has 4 aromatic rings. The first-order valence-corrected chi connectivity index (χ1v) is 11.7. The fourth-order valence-corrected chi connectivity index (χ4v) is 4.63. The number of amides is 1. The highest BCUT2D eigenvalue weighted by molar-refractivity contribution is 7.80. The molecule has 2 unspecified atom stereocenters. The summed E-state index contributed by atoms with van der Waals surface area (Å²) in [6.45, 7) is -0.0623. The quantitative estimate of drug-likeness (QED) is 0.374. The van der Waals surface area contributed by atoms with Crippen LogP contribution in [0.25, 0.3) is 0 Å². The Morgan fingerprint density at radius 1 is 1.03 bits per heavy atom. The number of benzene rings is 2. The third kappa shape index (κ3) is 4.88. The second-order valence-corrected chi connectivity index (χ2v) is 8.62. The van der Waals surface area contributed by atoms with Crippen LogP contribution in [0.2, 0.25) is 0 Å². The predicted octanol–water partition coefficient (Wildman–Crippen LogP) is 4.61. The lowest BCUT2D eigenvalue weighted by molar-refractivity contribution is -0.118. The summed E-state index contributed by atoms with van der Waals surface area (Å²) in [6, 6.07) is 26.8. The van der Waals surface area contributed by atoms with Gasteiger partial charge in [0.2, 0.25) is 0 Å². The van der Waals surface area contributed by atoms with Crippen LogP contribution in [0.3, 0.4) is 0 Å². The average Bonchev–Trinajstić information content (AvgIpc) is 3.46. The number of aromatic nitrogens is 2. The van der Waals surface area contributed by atoms with E-state index >= 15 is 0 Å². The molecule has 2 aromatic heterocycles. The van der Waals surface area contributed by atoms with Crippen LogP contribution in [0, 0.1) is 0 Å². The zero-order chi connectivity index (χ0) is 24.2. The van der Waals surface area contributed by atoms with Crippen LogP contribution in [-0.2, 0) is 11.8 Å². The number of nitrogens with one attached hydrogen (secondary N) is 2. The number of hydrogen-bond acceptors (Lipinski definition) is 4. The van der Waals surface area contributed by atoms with Gasteiger partial charge >= 0.3 is 0 Å². The van der Waals surface area contributed by atoms with Crippen molar-refractivity contribution in [2.45, 2.75) is 12.1 Å². The van der Waals surface area contributed by atoms with E-state index in [1.54, 1.807) is 6.20 Å². The molecule has 7 nitrogen and oxygen atoms in total. The van der Waals surface area contributed by atoms with Crippen LogP contribution < -0.4 is 20.3 Å². The van der Waals surface area contributed by atoms with Crippen molar-refractivity contribution in [2.75, 3.05) is 16.8 Å². The number of aryl methyl sites for hydroxylation is 1. The van der Waals surface area contributed by atoms with E-state index in [9.17, 15) is 4.79 Å². The van der Waals surface area contributed by atoms with Crippen LogP contribution in [0.1, 0.15) is 23.5 Å². The molecule has 0 radical (unpaired) electrons. The fourth-order valence-electron chi connectivity index (χ4n) is 4.28. The van der Waals surface area contributed by atoms with Crippen molar-refractivity contribution in [3.8, 4) is 5.75 Å². The minimum atomic E-state index is -0.225. The molecule has 5 rings (SSSR count). The van der Waals surface area contributed by atoms with Crippen molar-refractivity contribution in [1.82, 2.24) is 14.9 Å². The Balaban J connectivity index is 1.35. The summed E-state index contributed by atoms with van der Waals surface area (Å²) in [5.74, 6) is 0.430. The zero-order valence-corrected chi connectivity index (χ0v) is 20.0. The van der Waals surface area contributed by atoms with E-state index in [4.69, 9.17) is 17.0 Å². The number of thiocarbonyl (C=S) groups is 1. The van der Waals surface area contributed by atoms with Crippen LogP contribution in [0.15, 0.2) is 97.3 Å². The maximum atomic E-state index is 12.3. The first kappa shape index (κ1) is 22.6. The maximum absolute atomic E-state index is 12.3. The van der Waals surface area contributed by atoms with Gasteiger partial charge in [-0.05, 0) is 72.9 Å². The topological polar surface area (TPSA) is 71.4 Å². The number of rotatable bonds is 7. The molecule has 35 heavy (non-hydrogen) atoms. The van der Waals surface area contributed by atoms with Crippen LogP contribution in [0.4, 0.5) is 11.4 Å². The Hall–Kier alpha value is -4.17. The maximum Gasteiger partial charge on any atom is 0.262 e. The lowest BCUT2D eigenvalue weighted by Crippen LogP contribution is -2.30. The molecule has 1 aliphatic heterocycles. The van der Waals surface area contributed by atoms with Gasteiger partial charge < -0.3 is 24.8 Å². The Morgan fingerprint density at radius 2 is 1.80 bits per heavy atom. The number of para-hydroxylation sites is 1. The van der Waals surface area contributed by atoms with Gasteiger partial charge in [-0.1, -0.05) is 24.3 Å². The summed E-state index contributed by atoms with van der Waals surface area (Å²) < 4.78 is 7.63. The number of carbonyl (C=O) groups is 1. The summed E-state index contributed by atoms with van der Waals surface area (Å²) in [5, 5.41) is 6.96. The van der Waals surface area contributed by atoms with Gasteiger partial charge in [0.25, 0.3) is 5.91 Å². The number of ether oxygens (including phenoxy) is 1. The Bertz CT molecular complexity index is 1310. The minimum Gasteiger partial charge on any atom is -0.484 e. The third-order valence-corrected chi connectivity index (χ3v) is 6.24. The van der Waals surface area contributed by atoms with E-state index < -0.39 is 0 Å². The zero-order valence-electron chi connectivity index (χ0n) is 19.2. The van der Waals surface area contributed by atoms with Gasteiger partial charge in [-0.25, -0.2) is 0 Å². The molecule has 0 aliphatic carbocycles. The molecule has 1 aliphatic rings. The predicted molar refractivity (Wildman–Crippen MR) is 140 cm³/mol. The number of hydrogen-bond donors (Lipinski definition) is 2. The first-order chi connectivity index (χ1) is 17.1. The number of nitrogens with zero attached hydrogens (tertiary/aromatic N) is 3. The molecule has 1 amide bonds. The molecule has 2 aromatic carbocycles. The molecule has 176 valence electrons. The van der Waals surface area contributed by atoms with Crippen molar-refractivity contribution in [3.05, 3.63) is 109 Å². The molecule has 2 N–H and O–H groups in total. The van der Waals surface area contributed by atoms with E-state index in [1.807, 2.05) is 92.1 Å². The second-order valence-electron chi connectivity index (χ2n) is 8.24. The van der Waals surface area contributed by atoms with Crippen LogP contribution in [0.5, 0.6) is 5.75 Å². The van der Waals surface area contributed by atoms with Gasteiger partial charge in [-0.15, -0.1) is 0 Å². The van der Waals surface area contributed by atoms with Gasteiger partial charge in [-0.3, -0.25) is 9.78 Å². The van der Waals surface area contributed by atoms with Crippen molar-refractivity contribution < 1.29 is 9.53 Å². The lowest BCUT2D eigenvalue weighted by atomic mass is 10.0. The fraction of sp³-hybridized carbons (Fsp3) is 0.148. The van der Waals surface area contributed by atoms with Crippen LogP contribution >= 0.6 is 12.2 Å². The SMILES string of the molecule is Cn1cccc1C1C(c2ccccn2)NC(=S)N1c1ccc(NC(=O)COc2ccccc2)cc1. The summed E-state index contributed by atoms with van der Waals surface area (Å²) in [6.07, 6.45) is 3.82. The Kier molecular flexibility index (Phi) is 6.45. The number of carbonyl (C=O) groups excluding carboxylic acids is 1. The highest BCUT2D eigenvalue weighted by atomic mass is 32.1. The summed E-state index contributed by atoms with van der Waals surface area (Å²) in [4.78, 5) is 19.0. The van der Waals surface area contributed by atoms with Gasteiger partial charge in [0.05, 0.1) is 11.7 Å². The summed E-state index contributed by atoms with van der Waals surface area (Å²) in [7, 11) is 2.03. The molecule has 1 fully saturated rings. The molecular weight excluding hydrogens is 458 g/mol. The monoisotopic (exact) mass is 483 g/mol. The van der Waals surface area contributed by atoms with E-state index in [-0.39, 0.29) is 24.6 Å². The van der Waals surface area contributed by atoms with Gasteiger partial charge in [-0.2, -0.15) is 0 Å². The lowest BCUT2D eigenvalue weighted by Gasteiger charge is -2.28. The average molecular weight is 484 g/mol. The van der Waals surface area contributed by atoms with Crippen molar-refractivity contribution >= 4 is 34.6 Å². The molecule has 1 saturated heterocycles. The Morgan fingerprint density at radius 3 is 2.49 bits per heavy atom. The Labute approximate surface area is 209 Å². The number of pyridine rings is 1. The van der Waals surface area contributed by atoms with E-state index in [0.717, 1.165) is 17.1 Å². The molecule has 2 atom stereocenters. The normalized spacial score (nSPS) is 17.2. The largest absolute Gasteiger partial charge is 0.484 e. The van der Waals surface area contributed by atoms with Gasteiger partial charge in [0.15, 0.2) is 11.7 Å². The summed E-state index contributed by atoms with van der Waals surface area (Å²) in [5.41, 5.74) is 3.64. The third-order valence-electron chi connectivity index (χ3n) is 5.93. The second kappa shape index (κ2) is 9.99. The van der Waals surface area contributed by atoms with E-state index in [1.165, 1.54) is 0 Å². The smallest absolute Gasteiger partial charge is 0.262 e. The molecule has 3 heterocycles. The minimum absolute atomic E-state index is 0.0623. The first-order valence-electron chi connectivity index (χ1n) is 11.3. The van der Waals surface area contributed by atoms with Crippen LogP contribution in [-0.4, -0.2) is 27.2 Å². The van der Waals surface area contributed by atoms with Crippen molar-refractivity contribution in [1.29, 1.82) is 0 Å². The van der Waals surface area contributed by atoms with E-state index in [0.29, 0.717) is 16.5 Å². The van der Waals surface area contributed by atoms with Gasteiger partial charge in [0.1, 0.15) is 11.8 Å². The molecule has 8 heteroatoms. The highest BCUT2D eigenvalue weighted by Crippen LogP contribution is 2.41.